The first-order valence-electron chi connectivity index (χ1n) is 8.75. The molecule has 1 aliphatic rings. The van der Waals surface area contributed by atoms with Crippen molar-refractivity contribution >= 4 is 29.1 Å². The number of carbonyl (C=O) groups is 1. The molecule has 2 aromatic heterocycles. The van der Waals surface area contributed by atoms with Gasteiger partial charge < -0.3 is 14.3 Å². The zero-order chi connectivity index (χ0) is 18.8. The first-order chi connectivity index (χ1) is 13.1. The lowest BCUT2D eigenvalue weighted by molar-refractivity contribution is -0.123. The molecule has 140 valence electrons. The van der Waals surface area contributed by atoms with Crippen molar-refractivity contribution in [3.05, 3.63) is 82.0 Å². The number of furan rings is 1. The SMILES string of the molecule is O=C(CN1CCn2cccc2C1c1ccc(Cl)c(Cl)c1)NCc1ccco1. The van der Waals surface area contributed by atoms with Gasteiger partial charge in [0.15, 0.2) is 0 Å². The molecule has 5 nitrogen and oxygen atoms in total. The minimum Gasteiger partial charge on any atom is -0.467 e. The lowest BCUT2D eigenvalue weighted by Gasteiger charge is -2.37. The van der Waals surface area contributed by atoms with Crippen LogP contribution in [0.15, 0.2) is 59.3 Å². The Balaban J connectivity index is 1.55. The van der Waals surface area contributed by atoms with E-state index in [-0.39, 0.29) is 18.5 Å². The standard InChI is InChI=1S/C20H19Cl2N3O2/c21-16-6-5-14(11-17(16)22)20-18-4-1-7-24(18)8-9-25(20)13-19(26)23-12-15-3-2-10-27-15/h1-7,10-11,20H,8-9,12-13H2,(H,23,26). The highest BCUT2D eigenvalue weighted by molar-refractivity contribution is 6.42. The fraction of sp³-hybridized carbons (Fsp3) is 0.250. The van der Waals surface area contributed by atoms with Gasteiger partial charge in [0.05, 0.1) is 35.4 Å². The fourth-order valence-electron chi connectivity index (χ4n) is 3.51. The highest BCUT2D eigenvalue weighted by atomic mass is 35.5. The van der Waals surface area contributed by atoms with Crippen LogP contribution in [0, 0.1) is 0 Å². The van der Waals surface area contributed by atoms with Gasteiger partial charge in [-0.25, -0.2) is 0 Å². The summed E-state index contributed by atoms with van der Waals surface area (Å²) >= 11 is 12.3. The smallest absolute Gasteiger partial charge is 0.234 e. The number of amides is 1. The van der Waals surface area contributed by atoms with Gasteiger partial charge in [0.25, 0.3) is 0 Å². The summed E-state index contributed by atoms with van der Waals surface area (Å²) in [5, 5.41) is 3.95. The second kappa shape index (κ2) is 7.80. The van der Waals surface area contributed by atoms with Crippen LogP contribution in [0.25, 0.3) is 0 Å². The number of hydrogen-bond donors (Lipinski definition) is 1. The maximum Gasteiger partial charge on any atom is 0.234 e. The molecule has 0 radical (unpaired) electrons. The predicted molar refractivity (Wildman–Crippen MR) is 105 cm³/mol. The Morgan fingerprint density at radius 1 is 1.15 bits per heavy atom. The molecule has 0 spiro atoms. The molecule has 1 unspecified atom stereocenters. The van der Waals surface area contributed by atoms with Gasteiger partial charge in [0.2, 0.25) is 5.91 Å². The van der Waals surface area contributed by atoms with E-state index in [1.54, 1.807) is 18.4 Å². The van der Waals surface area contributed by atoms with Gasteiger partial charge >= 0.3 is 0 Å². The molecule has 3 aromatic rings. The number of benzene rings is 1. The van der Waals surface area contributed by atoms with Crippen LogP contribution in [0.1, 0.15) is 23.1 Å². The molecule has 0 fully saturated rings. The summed E-state index contributed by atoms with van der Waals surface area (Å²) in [6, 6.07) is 13.3. The van der Waals surface area contributed by atoms with E-state index >= 15 is 0 Å². The monoisotopic (exact) mass is 403 g/mol. The number of nitrogens with one attached hydrogen (secondary N) is 1. The zero-order valence-electron chi connectivity index (χ0n) is 14.6. The largest absolute Gasteiger partial charge is 0.467 e. The molecule has 1 atom stereocenters. The molecule has 27 heavy (non-hydrogen) atoms. The van der Waals surface area contributed by atoms with Gasteiger partial charge in [0, 0.05) is 25.0 Å². The second-order valence-corrected chi connectivity index (χ2v) is 7.34. The van der Waals surface area contributed by atoms with Gasteiger partial charge in [-0.15, -0.1) is 0 Å². The van der Waals surface area contributed by atoms with Crippen molar-refractivity contribution < 1.29 is 9.21 Å². The number of fused-ring (bicyclic) bond motifs is 1. The summed E-state index contributed by atoms with van der Waals surface area (Å²) in [4.78, 5) is 14.7. The van der Waals surface area contributed by atoms with Gasteiger partial charge in [-0.3, -0.25) is 9.69 Å². The van der Waals surface area contributed by atoms with Crippen molar-refractivity contribution in [2.24, 2.45) is 0 Å². The van der Waals surface area contributed by atoms with Crippen molar-refractivity contribution in [2.45, 2.75) is 19.1 Å². The number of halogens is 2. The number of nitrogens with zero attached hydrogens (tertiary/aromatic N) is 2. The van der Waals surface area contributed by atoms with E-state index < -0.39 is 0 Å². The van der Waals surface area contributed by atoms with E-state index in [1.807, 2.05) is 24.3 Å². The summed E-state index contributed by atoms with van der Waals surface area (Å²) < 4.78 is 7.48. The van der Waals surface area contributed by atoms with Crippen LogP contribution in [0.5, 0.6) is 0 Å². The third-order valence-electron chi connectivity index (χ3n) is 4.78. The molecular weight excluding hydrogens is 385 g/mol. The van der Waals surface area contributed by atoms with E-state index in [0.717, 1.165) is 30.1 Å². The molecule has 1 aliphatic heterocycles. The highest BCUT2D eigenvalue weighted by Crippen LogP contribution is 2.35. The lowest BCUT2D eigenvalue weighted by atomic mass is 10.00. The molecule has 0 saturated heterocycles. The third kappa shape index (κ3) is 3.90. The Morgan fingerprint density at radius 3 is 2.81 bits per heavy atom. The van der Waals surface area contributed by atoms with Crippen LogP contribution in [-0.2, 0) is 17.9 Å². The minimum absolute atomic E-state index is 0.0449. The average Bonchev–Trinajstić information content (AvgIpc) is 3.33. The van der Waals surface area contributed by atoms with Crippen molar-refractivity contribution in [1.82, 2.24) is 14.8 Å². The molecule has 1 N–H and O–H groups in total. The molecular formula is C20H19Cl2N3O2. The minimum atomic E-state index is -0.0575. The molecule has 1 amide bonds. The van der Waals surface area contributed by atoms with Gasteiger partial charge in [-0.1, -0.05) is 29.3 Å². The first kappa shape index (κ1) is 18.2. The third-order valence-corrected chi connectivity index (χ3v) is 5.52. The fourth-order valence-corrected chi connectivity index (χ4v) is 3.81. The van der Waals surface area contributed by atoms with Crippen molar-refractivity contribution in [3.63, 3.8) is 0 Å². The van der Waals surface area contributed by atoms with Crippen LogP contribution < -0.4 is 5.32 Å². The Hall–Kier alpha value is -2.21. The Morgan fingerprint density at radius 2 is 2.04 bits per heavy atom. The maximum absolute atomic E-state index is 12.5. The predicted octanol–water partition coefficient (Wildman–Crippen LogP) is 4.11. The zero-order valence-corrected chi connectivity index (χ0v) is 16.1. The first-order valence-corrected chi connectivity index (χ1v) is 9.50. The summed E-state index contributed by atoms with van der Waals surface area (Å²) in [7, 11) is 0. The normalized spacial score (nSPS) is 16.9. The molecule has 3 heterocycles. The molecule has 1 aromatic carbocycles. The van der Waals surface area contributed by atoms with Gasteiger partial charge in [0.1, 0.15) is 5.76 Å². The van der Waals surface area contributed by atoms with Crippen molar-refractivity contribution in [1.29, 1.82) is 0 Å². The number of hydrogen-bond acceptors (Lipinski definition) is 3. The summed E-state index contributed by atoms with van der Waals surface area (Å²) in [5.41, 5.74) is 2.15. The molecule has 0 bridgehead atoms. The molecule has 0 saturated carbocycles. The summed E-state index contributed by atoms with van der Waals surface area (Å²) in [5.74, 6) is 0.688. The van der Waals surface area contributed by atoms with Crippen LogP contribution in [0.4, 0.5) is 0 Å². The number of carbonyl (C=O) groups excluding carboxylic acids is 1. The average molecular weight is 404 g/mol. The lowest BCUT2D eigenvalue weighted by Crippen LogP contribution is -2.44. The summed E-state index contributed by atoms with van der Waals surface area (Å²) in [6.45, 7) is 2.27. The van der Waals surface area contributed by atoms with E-state index in [1.165, 1.54) is 0 Å². The second-order valence-electron chi connectivity index (χ2n) is 6.53. The van der Waals surface area contributed by atoms with Crippen LogP contribution in [-0.4, -0.2) is 28.5 Å². The maximum atomic E-state index is 12.5. The van der Waals surface area contributed by atoms with E-state index in [2.05, 4.69) is 27.0 Å². The number of aromatic nitrogens is 1. The quantitative estimate of drug-likeness (QED) is 0.697. The molecule has 0 aliphatic carbocycles. The highest BCUT2D eigenvalue weighted by Gasteiger charge is 2.30. The number of rotatable bonds is 5. The van der Waals surface area contributed by atoms with Gasteiger partial charge in [-0.2, -0.15) is 0 Å². The van der Waals surface area contributed by atoms with Crippen molar-refractivity contribution in [3.8, 4) is 0 Å². The topological polar surface area (TPSA) is 50.4 Å². The van der Waals surface area contributed by atoms with Crippen LogP contribution >= 0.6 is 23.2 Å². The van der Waals surface area contributed by atoms with E-state index in [4.69, 9.17) is 27.6 Å². The molecule has 4 rings (SSSR count). The van der Waals surface area contributed by atoms with E-state index in [0.29, 0.717) is 16.6 Å². The van der Waals surface area contributed by atoms with Crippen LogP contribution in [0.2, 0.25) is 10.0 Å². The van der Waals surface area contributed by atoms with Crippen LogP contribution in [0.3, 0.4) is 0 Å². The Bertz CT molecular complexity index is 937. The van der Waals surface area contributed by atoms with Gasteiger partial charge in [-0.05, 0) is 42.0 Å². The van der Waals surface area contributed by atoms with Crippen molar-refractivity contribution in [2.75, 3.05) is 13.1 Å². The Labute approximate surface area is 167 Å². The van der Waals surface area contributed by atoms with E-state index in [9.17, 15) is 4.79 Å². The molecule has 7 heteroatoms. The Kier molecular flexibility index (Phi) is 5.25. The summed E-state index contributed by atoms with van der Waals surface area (Å²) in [6.07, 6.45) is 3.66.